The molecule has 1 heterocycles. The molecule has 0 saturated carbocycles. The monoisotopic (exact) mass is 515 g/mol. The van der Waals surface area contributed by atoms with Gasteiger partial charge in [0, 0.05) is 47.3 Å². The lowest BCUT2D eigenvalue weighted by molar-refractivity contribution is -0.148. The SMILES string of the molecule is CC(C)N1Cc2c(O)c3c(c(F)c2C1)C[C@H]1C[C@H]2[C@H](N(C)C)C(O)=C(C(N)=O)C(=O)[C@@]2(O)C(O)=C1C3=O. The van der Waals surface area contributed by atoms with Gasteiger partial charge in [0.25, 0.3) is 5.91 Å². The molecular formula is C26H30FN3O7. The maximum absolute atomic E-state index is 15.8. The van der Waals surface area contributed by atoms with E-state index in [0.717, 1.165) is 0 Å². The first-order valence-electron chi connectivity index (χ1n) is 12.2. The van der Waals surface area contributed by atoms with Crippen LogP contribution in [0.3, 0.4) is 0 Å². The molecule has 6 N–H and O–H groups in total. The van der Waals surface area contributed by atoms with E-state index in [9.17, 15) is 34.8 Å². The topological polar surface area (TPSA) is 165 Å². The first-order valence-corrected chi connectivity index (χ1v) is 12.2. The highest BCUT2D eigenvalue weighted by atomic mass is 19.1. The number of fused-ring (bicyclic) bond motifs is 4. The zero-order chi connectivity index (χ0) is 27.3. The summed E-state index contributed by atoms with van der Waals surface area (Å²) >= 11 is 0. The van der Waals surface area contributed by atoms with Crippen LogP contribution in [0, 0.1) is 17.7 Å². The van der Waals surface area contributed by atoms with Crippen LogP contribution in [-0.4, -0.2) is 79.5 Å². The quantitative estimate of drug-likeness (QED) is 0.369. The van der Waals surface area contributed by atoms with Crippen LogP contribution in [0.4, 0.5) is 4.39 Å². The number of allylic oxidation sites excluding steroid dienone is 1. The summed E-state index contributed by atoms with van der Waals surface area (Å²) in [6.07, 6.45) is -0.149. The summed E-state index contributed by atoms with van der Waals surface area (Å²) < 4.78 is 15.8. The molecule has 3 aliphatic carbocycles. The number of carbonyl (C=O) groups is 3. The van der Waals surface area contributed by atoms with E-state index in [2.05, 4.69) is 0 Å². The van der Waals surface area contributed by atoms with Crippen molar-refractivity contribution in [3.05, 3.63) is 50.7 Å². The highest BCUT2D eigenvalue weighted by Gasteiger charge is 2.63. The molecule has 5 rings (SSSR count). The van der Waals surface area contributed by atoms with Crippen LogP contribution < -0.4 is 5.73 Å². The van der Waals surface area contributed by atoms with Crippen molar-refractivity contribution >= 4 is 17.5 Å². The summed E-state index contributed by atoms with van der Waals surface area (Å²) in [6, 6.07) is -1.03. The van der Waals surface area contributed by atoms with E-state index in [1.807, 2.05) is 18.7 Å². The number of likely N-dealkylation sites (N-methyl/N-ethyl adjacent to an activating group) is 1. The standard InChI is InChI=1S/C26H30FN3O7/c1-9(2)30-7-12-13(8-30)20(31)16-11(18(12)27)5-10-6-14-19(29(3)4)22(33)17(25(28)36)24(35)26(14,37)23(34)15(10)21(16)32/h9-10,14,19,31,33-34,37H,5-8H2,1-4H3,(H2,28,36)/t10-,14-,19-,26-/m0/s1. The molecule has 0 aromatic heterocycles. The van der Waals surface area contributed by atoms with E-state index in [4.69, 9.17) is 5.73 Å². The fraction of sp³-hybridized carbons (Fsp3) is 0.500. The third-order valence-corrected chi connectivity index (χ3v) is 8.49. The van der Waals surface area contributed by atoms with Crippen molar-refractivity contribution in [2.75, 3.05) is 14.1 Å². The Bertz CT molecular complexity index is 1350. The van der Waals surface area contributed by atoms with Crippen molar-refractivity contribution in [1.82, 2.24) is 9.80 Å². The number of primary amides is 1. The molecule has 0 spiro atoms. The van der Waals surface area contributed by atoms with Crippen LogP contribution in [0.5, 0.6) is 5.75 Å². The Morgan fingerprint density at radius 3 is 2.32 bits per heavy atom. The van der Waals surface area contributed by atoms with Crippen molar-refractivity contribution in [2.24, 2.45) is 17.6 Å². The molecule has 198 valence electrons. The molecule has 37 heavy (non-hydrogen) atoms. The minimum absolute atomic E-state index is 0.0278. The van der Waals surface area contributed by atoms with Crippen molar-refractivity contribution in [1.29, 1.82) is 0 Å². The van der Waals surface area contributed by atoms with Crippen LogP contribution in [0.15, 0.2) is 22.7 Å². The first-order chi connectivity index (χ1) is 17.2. The lowest BCUT2D eigenvalue weighted by Crippen LogP contribution is -2.63. The van der Waals surface area contributed by atoms with Crippen LogP contribution in [0.1, 0.15) is 47.3 Å². The molecule has 0 saturated heterocycles. The molecule has 4 atom stereocenters. The van der Waals surface area contributed by atoms with Gasteiger partial charge in [0.15, 0.2) is 11.4 Å². The van der Waals surface area contributed by atoms with Gasteiger partial charge in [-0.05, 0) is 46.7 Å². The largest absolute Gasteiger partial charge is 0.510 e. The summed E-state index contributed by atoms with van der Waals surface area (Å²) in [5.74, 6) is -7.99. The van der Waals surface area contributed by atoms with Gasteiger partial charge in [0.1, 0.15) is 28.7 Å². The highest BCUT2D eigenvalue weighted by Crippen LogP contribution is 2.53. The Balaban J connectivity index is 1.70. The molecule has 1 aromatic carbocycles. The molecule has 10 nitrogen and oxygen atoms in total. The summed E-state index contributed by atoms with van der Waals surface area (Å²) in [7, 11) is 3.10. The predicted octanol–water partition coefficient (Wildman–Crippen LogP) is 0.984. The maximum Gasteiger partial charge on any atom is 0.255 e. The number of hydrogen-bond donors (Lipinski definition) is 5. The average molecular weight is 516 g/mol. The molecule has 0 radical (unpaired) electrons. The van der Waals surface area contributed by atoms with E-state index in [1.54, 1.807) is 14.1 Å². The number of rotatable bonds is 3. The van der Waals surface area contributed by atoms with Crippen molar-refractivity contribution < 1.29 is 39.2 Å². The van der Waals surface area contributed by atoms with E-state index >= 15 is 4.39 Å². The summed E-state index contributed by atoms with van der Waals surface area (Å²) in [5, 5.41) is 44.8. The Morgan fingerprint density at radius 2 is 1.76 bits per heavy atom. The lowest BCUT2D eigenvalue weighted by atomic mass is 9.58. The minimum atomic E-state index is -2.72. The Labute approximate surface area is 212 Å². The third-order valence-electron chi connectivity index (χ3n) is 8.49. The Kier molecular flexibility index (Phi) is 5.56. The number of phenolic OH excluding ortho intramolecular Hbond substituents is 1. The van der Waals surface area contributed by atoms with Gasteiger partial charge >= 0.3 is 0 Å². The van der Waals surface area contributed by atoms with E-state index < -0.39 is 63.9 Å². The molecule has 11 heteroatoms. The Hall–Kier alpha value is -3.28. The summed E-state index contributed by atoms with van der Waals surface area (Å²) in [5.41, 5.74) is 1.81. The molecule has 0 fully saturated rings. The number of aliphatic hydroxyl groups excluding tert-OH is 2. The molecule has 1 aliphatic heterocycles. The predicted molar refractivity (Wildman–Crippen MR) is 128 cm³/mol. The van der Waals surface area contributed by atoms with Crippen molar-refractivity contribution in [3.8, 4) is 5.75 Å². The Morgan fingerprint density at radius 1 is 1.14 bits per heavy atom. The van der Waals surface area contributed by atoms with Gasteiger partial charge in [-0.2, -0.15) is 0 Å². The number of benzene rings is 1. The number of ketones is 2. The summed E-state index contributed by atoms with van der Waals surface area (Å²) in [4.78, 5) is 42.5. The molecule has 1 amide bonds. The number of carbonyl (C=O) groups excluding carboxylic acids is 3. The van der Waals surface area contributed by atoms with Crippen LogP contribution >= 0.6 is 0 Å². The van der Waals surface area contributed by atoms with Crippen LogP contribution in [0.25, 0.3) is 0 Å². The van der Waals surface area contributed by atoms with E-state index in [1.165, 1.54) is 4.90 Å². The van der Waals surface area contributed by atoms with Crippen LogP contribution in [0.2, 0.25) is 0 Å². The summed E-state index contributed by atoms with van der Waals surface area (Å²) in [6.45, 7) is 4.40. The van der Waals surface area contributed by atoms with Gasteiger partial charge < -0.3 is 26.2 Å². The van der Waals surface area contributed by atoms with Gasteiger partial charge in [0.05, 0.1) is 11.6 Å². The number of nitrogens with zero attached hydrogens (tertiary/aromatic N) is 2. The normalized spacial score (nSPS) is 29.6. The van der Waals surface area contributed by atoms with Gasteiger partial charge in [-0.1, -0.05) is 0 Å². The van der Waals surface area contributed by atoms with E-state index in [0.29, 0.717) is 11.1 Å². The smallest absolute Gasteiger partial charge is 0.255 e. The number of halogens is 1. The number of Topliss-reactive ketones (excluding diaryl/α,β-unsaturated/α-hetero) is 2. The second-order valence-corrected chi connectivity index (χ2v) is 10.9. The second kappa shape index (κ2) is 8.11. The molecule has 0 bridgehead atoms. The molecule has 0 unspecified atom stereocenters. The number of amides is 1. The van der Waals surface area contributed by atoms with Crippen molar-refractivity contribution in [2.45, 2.75) is 57.5 Å². The number of phenols is 1. The van der Waals surface area contributed by atoms with Crippen molar-refractivity contribution in [3.63, 3.8) is 0 Å². The fourth-order valence-electron chi connectivity index (χ4n) is 6.61. The minimum Gasteiger partial charge on any atom is -0.510 e. The fourth-order valence-corrected chi connectivity index (χ4v) is 6.61. The number of hydrogen-bond acceptors (Lipinski definition) is 9. The molecular weight excluding hydrogens is 485 g/mol. The molecule has 4 aliphatic rings. The molecule has 1 aromatic rings. The van der Waals surface area contributed by atoms with Gasteiger partial charge in [-0.3, -0.25) is 24.2 Å². The zero-order valence-electron chi connectivity index (χ0n) is 21.0. The first kappa shape index (κ1) is 25.4. The maximum atomic E-state index is 15.8. The van der Waals surface area contributed by atoms with Gasteiger partial charge in [0.2, 0.25) is 5.78 Å². The number of aromatic hydroxyl groups is 1. The number of nitrogens with two attached hydrogens (primary N) is 1. The average Bonchev–Trinajstić information content (AvgIpc) is 3.26. The lowest BCUT2D eigenvalue weighted by Gasteiger charge is -2.50. The van der Waals surface area contributed by atoms with Gasteiger partial charge in [-0.15, -0.1) is 0 Å². The van der Waals surface area contributed by atoms with Gasteiger partial charge in [-0.25, -0.2) is 4.39 Å². The van der Waals surface area contributed by atoms with E-state index in [-0.39, 0.29) is 54.4 Å². The number of aliphatic hydroxyl groups is 3. The highest BCUT2D eigenvalue weighted by molar-refractivity contribution is 6.24. The second-order valence-electron chi connectivity index (χ2n) is 10.9. The zero-order valence-corrected chi connectivity index (χ0v) is 21.0. The third kappa shape index (κ3) is 3.17. The van der Waals surface area contributed by atoms with Crippen LogP contribution in [-0.2, 0) is 29.1 Å².